The maximum Gasteiger partial charge on any atom is 0.337 e. The lowest BCUT2D eigenvalue weighted by atomic mass is 9.81. The minimum atomic E-state index is -1.02. The predicted molar refractivity (Wildman–Crippen MR) is 80.1 cm³/mol. The van der Waals surface area contributed by atoms with E-state index in [0.717, 1.165) is 13.1 Å². The van der Waals surface area contributed by atoms with Crippen molar-refractivity contribution in [2.24, 2.45) is 17.3 Å². The fourth-order valence-corrected chi connectivity index (χ4v) is 4.70. The molecular formula is C16H18N2O4. The van der Waals surface area contributed by atoms with Crippen molar-refractivity contribution in [1.82, 2.24) is 0 Å². The smallest absolute Gasteiger partial charge is 0.337 e. The van der Waals surface area contributed by atoms with Gasteiger partial charge in [0.05, 0.1) is 16.2 Å². The van der Waals surface area contributed by atoms with Crippen LogP contribution in [0.25, 0.3) is 0 Å². The Balaban J connectivity index is 1.71. The van der Waals surface area contributed by atoms with Crippen molar-refractivity contribution < 1.29 is 14.8 Å². The minimum Gasteiger partial charge on any atom is -0.478 e. The average Bonchev–Trinajstić information content (AvgIpc) is 3.23. The van der Waals surface area contributed by atoms with E-state index in [1.807, 2.05) is 0 Å². The second-order valence-corrected chi connectivity index (χ2v) is 6.87. The number of non-ortho nitro benzene ring substituents is 1. The van der Waals surface area contributed by atoms with Crippen LogP contribution in [-0.4, -0.2) is 29.1 Å². The van der Waals surface area contributed by atoms with Gasteiger partial charge in [-0.25, -0.2) is 4.79 Å². The highest BCUT2D eigenvalue weighted by Crippen LogP contribution is 2.66. The number of carboxylic acid groups (broad SMARTS) is 1. The molecule has 4 rings (SSSR count). The Kier molecular flexibility index (Phi) is 2.74. The van der Waals surface area contributed by atoms with Crippen molar-refractivity contribution in [2.75, 3.05) is 18.0 Å². The van der Waals surface area contributed by atoms with Crippen LogP contribution in [0.5, 0.6) is 0 Å². The molecule has 2 saturated carbocycles. The topological polar surface area (TPSA) is 83.7 Å². The molecule has 0 aromatic heterocycles. The van der Waals surface area contributed by atoms with Gasteiger partial charge in [-0.05, 0) is 49.0 Å². The average molecular weight is 302 g/mol. The molecule has 2 aliphatic carbocycles. The van der Waals surface area contributed by atoms with Crippen LogP contribution in [0.2, 0.25) is 0 Å². The lowest BCUT2D eigenvalue weighted by Gasteiger charge is -2.40. The van der Waals surface area contributed by atoms with E-state index >= 15 is 0 Å². The summed E-state index contributed by atoms with van der Waals surface area (Å²) in [5, 5.41) is 20.4. The summed E-state index contributed by atoms with van der Waals surface area (Å²) in [4.78, 5) is 24.1. The van der Waals surface area contributed by atoms with Crippen LogP contribution in [0, 0.1) is 27.4 Å². The molecule has 1 heterocycles. The Hall–Kier alpha value is -2.11. The molecule has 1 aliphatic heterocycles. The number of benzene rings is 1. The molecule has 6 nitrogen and oxygen atoms in total. The highest BCUT2D eigenvalue weighted by atomic mass is 16.6. The van der Waals surface area contributed by atoms with Crippen LogP contribution in [0.1, 0.15) is 36.0 Å². The van der Waals surface area contributed by atoms with E-state index in [2.05, 4.69) is 4.90 Å². The van der Waals surface area contributed by atoms with Gasteiger partial charge in [0.15, 0.2) is 0 Å². The Bertz CT molecular complexity index is 652. The van der Waals surface area contributed by atoms with E-state index in [0.29, 0.717) is 22.9 Å². The van der Waals surface area contributed by atoms with Gasteiger partial charge in [0, 0.05) is 25.2 Å². The van der Waals surface area contributed by atoms with E-state index in [-0.39, 0.29) is 11.3 Å². The standard InChI is InChI=1S/C16H18N2O4/c19-15(20)13-4-3-12(18(21)22)7-14(13)17-8-10-1-2-11(9-17)16(10)5-6-16/h3-4,7,10-11H,1-2,5-6,8-9H2,(H,19,20)/t10-,11+. The quantitative estimate of drug-likeness (QED) is 0.685. The summed E-state index contributed by atoms with van der Waals surface area (Å²) in [5.41, 5.74) is 1.14. The summed E-state index contributed by atoms with van der Waals surface area (Å²) in [6, 6.07) is 4.06. The SMILES string of the molecule is O=C(O)c1ccc([N+](=O)[O-])cc1N1C[C@H]2CC[C@@H](C1)C21CC1. The molecule has 1 spiro atoms. The van der Waals surface area contributed by atoms with Crippen LogP contribution in [0.4, 0.5) is 11.4 Å². The number of rotatable bonds is 3. The summed E-state index contributed by atoms with van der Waals surface area (Å²) in [7, 11) is 0. The largest absolute Gasteiger partial charge is 0.478 e. The third-order valence-corrected chi connectivity index (χ3v) is 5.96. The normalized spacial score (nSPS) is 27.9. The highest BCUT2D eigenvalue weighted by Gasteiger charge is 2.60. The number of aromatic carboxylic acids is 1. The number of nitrogens with zero attached hydrogens (tertiary/aromatic N) is 2. The molecular weight excluding hydrogens is 284 g/mol. The van der Waals surface area contributed by atoms with E-state index in [1.54, 1.807) is 0 Å². The number of anilines is 1. The van der Waals surface area contributed by atoms with E-state index in [4.69, 9.17) is 0 Å². The zero-order valence-corrected chi connectivity index (χ0v) is 12.2. The number of hydrogen-bond donors (Lipinski definition) is 1. The van der Waals surface area contributed by atoms with Crippen molar-refractivity contribution in [1.29, 1.82) is 0 Å². The zero-order valence-electron chi connectivity index (χ0n) is 12.2. The molecule has 6 heteroatoms. The highest BCUT2D eigenvalue weighted by molar-refractivity contribution is 5.95. The lowest BCUT2D eigenvalue weighted by molar-refractivity contribution is -0.384. The van der Waals surface area contributed by atoms with Gasteiger partial charge in [-0.3, -0.25) is 10.1 Å². The number of hydrogen-bond acceptors (Lipinski definition) is 4. The number of carboxylic acids is 1. The van der Waals surface area contributed by atoms with Crippen molar-refractivity contribution in [3.05, 3.63) is 33.9 Å². The molecule has 0 amide bonds. The zero-order chi connectivity index (χ0) is 15.5. The van der Waals surface area contributed by atoms with Gasteiger partial charge in [-0.15, -0.1) is 0 Å². The van der Waals surface area contributed by atoms with Gasteiger partial charge < -0.3 is 10.0 Å². The molecule has 22 heavy (non-hydrogen) atoms. The number of piperidine rings is 1. The van der Waals surface area contributed by atoms with Gasteiger partial charge in [0.1, 0.15) is 0 Å². The molecule has 0 unspecified atom stereocenters. The van der Waals surface area contributed by atoms with Crippen LogP contribution in [-0.2, 0) is 0 Å². The number of carbonyl (C=O) groups is 1. The molecule has 3 fully saturated rings. The van der Waals surface area contributed by atoms with Crippen LogP contribution >= 0.6 is 0 Å². The molecule has 3 aliphatic rings. The Labute approximate surface area is 127 Å². The molecule has 2 bridgehead atoms. The Morgan fingerprint density at radius 3 is 2.41 bits per heavy atom. The first-order valence-corrected chi connectivity index (χ1v) is 7.78. The second kappa shape index (κ2) is 4.44. The van der Waals surface area contributed by atoms with Gasteiger partial charge >= 0.3 is 5.97 Å². The monoisotopic (exact) mass is 302 g/mol. The van der Waals surface area contributed by atoms with Crippen molar-refractivity contribution in [2.45, 2.75) is 25.7 Å². The summed E-state index contributed by atoms with van der Waals surface area (Å²) in [6.45, 7) is 1.66. The van der Waals surface area contributed by atoms with Crippen molar-refractivity contribution in [3.8, 4) is 0 Å². The van der Waals surface area contributed by atoms with Crippen LogP contribution < -0.4 is 4.90 Å². The van der Waals surface area contributed by atoms with Crippen molar-refractivity contribution >= 4 is 17.3 Å². The van der Waals surface area contributed by atoms with Crippen molar-refractivity contribution in [3.63, 3.8) is 0 Å². The molecule has 1 N–H and O–H groups in total. The summed E-state index contributed by atoms with van der Waals surface area (Å²) >= 11 is 0. The number of nitro groups is 1. The first-order valence-electron chi connectivity index (χ1n) is 7.78. The van der Waals surface area contributed by atoms with Crippen LogP contribution in [0.15, 0.2) is 18.2 Å². The third-order valence-electron chi connectivity index (χ3n) is 5.96. The fourth-order valence-electron chi connectivity index (χ4n) is 4.70. The molecule has 0 radical (unpaired) electrons. The fraction of sp³-hybridized carbons (Fsp3) is 0.562. The Morgan fingerprint density at radius 2 is 1.91 bits per heavy atom. The van der Waals surface area contributed by atoms with E-state index in [1.165, 1.54) is 43.9 Å². The third kappa shape index (κ3) is 1.82. The predicted octanol–water partition coefficient (Wildman–Crippen LogP) is 2.92. The first-order chi connectivity index (χ1) is 10.5. The minimum absolute atomic E-state index is 0.0425. The van der Waals surface area contributed by atoms with Crippen LogP contribution in [0.3, 0.4) is 0 Å². The molecule has 1 aromatic carbocycles. The molecule has 116 valence electrons. The molecule has 1 saturated heterocycles. The van der Waals surface area contributed by atoms with Gasteiger partial charge in [0.2, 0.25) is 0 Å². The van der Waals surface area contributed by atoms with Gasteiger partial charge in [-0.2, -0.15) is 0 Å². The van der Waals surface area contributed by atoms with Gasteiger partial charge in [-0.1, -0.05) is 0 Å². The molecule has 1 aromatic rings. The summed E-state index contributed by atoms with van der Waals surface area (Å²) in [5.74, 6) is 0.211. The second-order valence-electron chi connectivity index (χ2n) is 6.87. The lowest BCUT2D eigenvalue weighted by Crippen LogP contribution is -2.43. The van der Waals surface area contributed by atoms with E-state index < -0.39 is 10.9 Å². The Morgan fingerprint density at radius 1 is 1.27 bits per heavy atom. The molecule has 2 atom stereocenters. The number of nitro benzene ring substituents is 1. The summed E-state index contributed by atoms with van der Waals surface area (Å²) in [6.07, 6.45) is 5.02. The first kappa shape index (κ1) is 13.5. The maximum atomic E-state index is 11.5. The van der Waals surface area contributed by atoms with E-state index in [9.17, 15) is 20.0 Å². The van der Waals surface area contributed by atoms with Gasteiger partial charge in [0.25, 0.3) is 5.69 Å². The maximum absolute atomic E-state index is 11.5. The summed E-state index contributed by atoms with van der Waals surface area (Å²) < 4.78 is 0.